The highest BCUT2D eigenvalue weighted by Gasteiger charge is 2.33. The van der Waals surface area contributed by atoms with Crippen molar-refractivity contribution in [2.24, 2.45) is 0 Å². The molecule has 0 radical (unpaired) electrons. The zero-order valence-corrected chi connectivity index (χ0v) is 12.7. The van der Waals surface area contributed by atoms with Crippen LogP contribution < -0.4 is 5.32 Å². The van der Waals surface area contributed by atoms with Gasteiger partial charge in [0.15, 0.2) is 0 Å². The van der Waals surface area contributed by atoms with Crippen molar-refractivity contribution < 1.29 is 17.6 Å². The summed E-state index contributed by atoms with van der Waals surface area (Å²) in [5.41, 5.74) is -0.601. The molecule has 0 saturated carbocycles. The van der Waals surface area contributed by atoms with Crippen LogP contribution >= 0.6 is 24.0 Å². The molecule has 0 spiro atoms. The minimum absolute atomic E-state index is 0. The Hall–Kier alpha value is -0.560. The number of halogens is 6. The van der Waals surface area contributed by atoms with Crippen LogP contribution in [0.5, 0.6) is 0 Å². The second-order valence-corrected chi connectivity index (χ2v) is 5.10. The van der Waals surface area contributed by atoms with Crippen molar-refractivity contribution in [1.29, 1.82) is 0 Å². The van der Waals surface area contributed by atoms with Crippen LogP contribution in [0.25, 0.3) is 0 Å². The third-order valence-corrected chi connectivity index (χ3v) is 3.77. The number of hydrogen-bond donors (Lipinski definition) is 1. The molecule has 0 bridgehead atoms. The lowest BCUT2D eigenvalue weighted by Crippen LogP contribution is -2.45. The summed E-state index contributed by atoms with van der Waals surface area (Å²) in [6.45, 7) is 1.78. The van der Waals surface area contributed by atoms with Gasteiger partial charge >= 0.3 is 6.18 Å². The van der Waals surface area contributed by atoms with Gasteiger partial charge in [0.25, 0.3) is 0 Å². The lowest BCUT2D eigenvalue weighted by molar-refractivity contribution is -0.137. The number of rotatable bonds is 3. The summed E-state index contributed by atoms with van der Waals surface area (Å²) in [4.78, 5) is 1.82. The zero-order valence-electron chi connectivity index (χ0n) is 11.1. The van der Waals surface area contributed by atoms with Gasteiger partial charge in [0.2, 0.25) is 0 Å². The van der Waals surface area contributed by atoms with E-state index in [0.29, 0.717) is 26.2 Å². The third-order valence-electron chi connectivity index (χ3n) is 3.42. The van der Waals surface area contributed by atoms with Gasteiger partial charge in [-0.1, -0.05) is 11.6 Å². The van der Waals surface area contributed by atoms with E-state index in [0.717, 1.165) is 12.1 Å². The monoisotopic (exact) mass is 346 g/mol. The van der Waals surface area contributed by atoms with E-state index in [2.05, 4.69) is 5.32 Å². The van der Waals surface area contributed by atoms with Gasteiger partial charge < -0.3 is 5.32 Å². The van der Waals surface area contributed by atoms with Crippen molar-refractivity contribution in [2.45, 2.75) is 12.2 Å². The second kappa shape index (κ2) is 7.63. The lowest BCUT2D eigenvalue weighted by atomic mass is 10.0. The summed E-state index contributed by atoms with van der Waals surface area (Å²) in [7, 11) is 0. The third kappa shape index (κ3) is 4.45. The predicted molar refractivity (Wildman–Crippen MR) is 76.9 cm³/mol. The van der Waals surface area contributed by atoms with Crippen molar-refractivity contribution >= 4 is 24.0 Å². The minimum atomic E-state index is -4.45. The van der Waals surface area contributed by atoms with Gasteiger partial charge in [-0.2, -0.15) is 13.2 Å². The van der Waals surface area contributed by atoms with Crippen LogP contribution in [0.2, 0.25) is 5.02 Å². The van der Waals surface area contributed by atoms with Crippen LogP contribution in [0.15, 0.2) is 18.2 Å². The van der Waals surface area contributed by atoms with Gasteiger partial charge in [-0.3, -0.25) is 4.90 Å². The first kappa shape index (κ1) is 18.5. The number of benzene rings is 1. The van der Waals surface area contributed by atoms with Gasteiger partial charge in [0.1, 0.15) is 6.67 Å². The summed E-state index contributed by atoms with van der Waals surface area (Å²) >= 11 is 5.96. The molecule has 0 unspecified atom stereocenters. The molecule has 0 aromatic heterocycles. The highest BCUT2D eigenvalue weighted by Crippen LogP contribution is 2.35. The average molecular weight is 347 g/mol. The topological polar surface area (TPSA) is 15.3 Å². The van der Waals surface area contributed by atoms with Crippen LogP contribution in [-0.2, 0) is 6.18 Å². The average Bonchev–Trinajstić information content (AvgIpc) is 2.41. The van der Waals surface area contributed by atoms with Gasteiger partial charge in [-0.25, -0.2) is 4.39 Å². The Morgan fingerprint density at radius 2 is 1.86 bits per heavy atom. The van der Waals surface area contributed by atoms with Crippen LogP contribution in [0, 0.1) is 0 Å². The largest absolute Gasteiger partial charge is 0.416 e. The highest BCUT2D eigenvalue weighted by molar-refractivity contribution is 6.31. The first-order valence-corrected chi connectivity index (χ1v) is 6.68. The fourth-order valence-corrected chi connectivity index (χ4v) is 2.59. The summed E-state index contributed by atoms with van der Waals surface area (Å²) in [5, 5.41) is 3.28. The van der Waals surface area contributed by atoms with Crippen LogP contribution in [0.3, 0.4) is 0 Å². The smallest absolute Gasteiger partial charge is 0.314 e. The molecule has 1 aliphatic rings. The molecule has 1 fully saturated rings. The molecule has 0 aliphatic carbocycles. The normalized spacial score (nSPS) is 18.1. The Balaban J connectivity index is 0.00000220. The summed E-state index contributed by atoms with van der Waals surface area (Å²) in [6.07, 6.45) is -4.45. The first-order chi connectivity index (χ1) is 9.43. The van der Waals surface area contributed by atoms with Crippen molar-refractivity contribution in [3.8, 4) is 0 Å². The molecule has 1 aromatic rings. The number of nitrogens with zero attached hydrogens (tertiary/aromatic N) is 1. The number of nitrogens with one attached hydrogen (secondary N) is 1. The molecule has 120 valence electrons. The zero-order chi connectivity index (χ0) is 14.8. The van der Waals surface area contributed by atoms with E-state index >= 15 is 0 Å². The molecule has 1 heterocycles. The van der Waals surface area contributed by atoms with Crippen LogP contribution in [-0.4, -0.2) is 37.8 Å². The Morgan fingerprint density at radius 3 is 2.38 bits per heavy atom. The van der Waals surface area contributed by atoms with E-state index in [-0.39, 0.29) is 23.0 Å². The summed E-state index contributed by atoms with van der Waals surface area (Å²) in [5.74, 6) is 0. The summed E-state index contributed by atoms with van der Waals surface area (Å²) in [6, 6.07) is 2.32. The maximum Gasteiger partial charge on any atom is 0.416 e. The first-order valence-electron chi connectivity index (χ1n) is 6.31. The van der Waals surface area contributed by atoms with Crippen molar-refractivity contribution in [2.75, 3.05) is 32.9 Å². The Bertz CT molecular complexity index is 462. The molecule has 1 aliphatic heterocycles. The van der Waals surface area contributed by atoms with Crippen LogP contribution in [0.4, 0.5) is 17.6 Å². The number of piperazine rings is 1. The van der Waals surface area contributed by atoms with Gasteiger partial charge in [0, 0.05) is 31.2 Å². The maximum atomic E-state index is 13.3. The molecular weight excluding hydrogens is 331 g/mol. The molecule has 2 rings (SSSR count). The predicted octanol–water partition coefficient (Wildman–Crippen LogP) is 3.70. The van der Waals surface area contributed by atoms with E-state index in [1.54, 1.807) is 0 Å². The Morgan fingerprint density at radius 1 is 1.24 bits per heavy atom. The summed E-state index contributed by atoms with van der Waals surface area (Å²) < 4.78 is 51.6. The van der Waals surface area contributed by atoms with Gasteiger partial charge in [-0.05, 0) is 23.8 Å². The number of hydrogen-bond acceptors (Lipinski definition) is 2. The molecule has 2 nitrogen and oxygen atoms in total. The molecule has 0 amide bonds. The van der Waals surface area contributed by atoms with Gasteiger partial charge in [-0.15, -0.1) is 12.4 Å². The van der Waals surface area contributed by atoms with Crippen molar-refractivity contribution in [3.05, 3.63) is 34.3 Å². The molecule has 1 atom stereocenters. The fourth-order valence-electron chi connectivity index (χ4n) is 2.35. The SMILES string of the molecule is Cl.FC[C@@H](c1cc(C(F)(F)F)ccc1Cl)N1CCNCC1. The molecule has 8 heteroatoms. The van der Waals surface area contributed by atoms with E-state index in [1.165, 1.54) is 6.07 Å². The maximum absolute atomic E-state index is 13.3. The lowest BCUT2D eigenvalue weighted by Gasteiger charge is -2.34. The standard InChI is InChI=1S/C13H15ClF4N2.ClH/c14-11-2-1-9(13(16,17)18)7-10(11)12(8-15)20-5-3-19-4-6-20;/h1-2,7,12,19H,3-6,8H2;1H/t12-;/m0./s1. The molecule has 1 saturated heterocycles. The van der Waals surface area contributed by atoms with E-state index in [9.17, 15) is 17.6 Å². The number of alkyl halides is 4. The van der Waals surface area contributed by atoms with Crippen LogP contribution in [0.1, 0.15) is 17.2 Å². The molecule has 1 N–H and O–H groups in total. The Labute approximate surface area is 131 Å². The second-order valence-electron chi connectivity index (χ2n) is 4.69. The van der Waals surface area contributed by atoms with Crippen molar-refractivity contribution in [1.82, 2.24) is 10.2 Å². The molecule has 21 heavy (non-hydrogen) atoms. The van der Waals surface area contributed by atoms with E-state index in [1.807, 2.05) is 4.90 Å². The van der Waals surface area contributed by atoms with Gasteiger partial charge in [0.05, 0.1) is 11.6 Å². The quantitative estimate of drug-likeness (QED) is 0.839. The minimum Gasteiger partial charge on any atom is -0.314 e. The van der Waals surface area contributed by atoms with E-state index < -0.39 is 24.5 Å². The highest BCUT2D eigenvalue weighted by atomic mass is 35.5. The molecular formula is C13H16Cl2F4N2. The van der Waals surface area contributed by atoms with Crippen molar-refractivity contribution in [3.63, 3.8) is 0 Å². The Kier molecular flexibility index (Phi) is 6.71. The fraction of sp³-hybridized carbons (Fsp3) is 0.538. The van der Waals surface area contributed by atoms with E-state index in [4.69, 9.17) is 11.6 Å². The molecule has 1 aromatic carbocycles.